The third-order valence-corrected chi connectivity index (χ3v) is 3.62. The lowest BCUT2D eigenvalue weighted by Crippen LogP contribution is -1.86. The van der Waals surface area contributed by atoms with Gasteiger partial charge in [-0.05, 0) is 19.1 Å². The summed E-state index contributed by atoms with van der Waals surface area (Å²) in [7, 11) is 0. The third kappa shape index (κ3) is 1.92. The highest BCUT2D eigenvalue weighted by atomic mass is 15.1. The Balaban J connectivity index is 1.94. The molecule has 2 N–H and O–H groups in total. The third-order valence-electron chi connectivity index (χ3n) is 3.62. The molecule has 0 radical (unpaired) electrons. The highest BCUT2D eigenvalue weighted by Gasteiger charge is 2.17. The summed E-state index contributed by atoms with van der Waals surface area (Å²) in [5.74, 6) is 0.848. The van der Waals surface area contributed by atoms with Gasteiger partial charge in [0.15, 0.2) is 0 Å². The van der Waals surface area contributed by atoms with Crippen LogP contribution < -0.4 is 0 Å². The molecule has 4 nitrogen and oxygen atoms in total. The number of hydrogen-bond donors (Lipinski definition) is 2. The molecule has 2 heterocycles. The second kappa shape index (κ2) is 4.59. The van der Waals surface area contributed by atoms with Crippen LogP contribution in [0, 0.1) is 6.92 Å². The number of para-hydroxylation sites is 2. The molecule has 0 aliphatic heterocycles. The number of aryl methyl sites for hydroxylation is 1. The topological polar surface area (TPSA) is 57.4 Å². The zero-order chi connectivity index (χ0) is 14.2. The van der Waals surface area contributed by atoms with Crippen molar-refractivity contribution < 1.29 is 0 Å². The molecule has 0 saturated carbocycles. The van der Waals surface area contributed by atoms with Crippen LogP contribution in [0.3, 0.4) is 0 Å². The number of H-pyrrole nitrogens is 2. The summed E-state index contributed by atoms with van der Waals surface area (Å²) in [4.78, 5) is 8.06. The maximum atomic E-state index is 4.69. The number of imidazole rings is 1. The normalized spacial score (nSPS) is 11.1. The Hall–Kier alpha value is -2.88. The Kier molecular flexibility index (Phi) is 2.60. The highest BCUT2D eigenvalue weighted by molar-refractivity contribution is 5.85. The fourth-order valence-corrected chi connectivity index (χ4v) is 2.60. The SMILES string of the molecule is Cc1[nH]nc(-c2ccccc2)c1-c1nc2ccccc2[nH]1. The van der Waals surface area contributed by atoms with Crippen LogP contribution in [0.2, 0.25) is 0 Å². The van der Waals surface area contributed by atoms with Crippen molar-refractivity contribution in [3.63, 3.8) is 0 Å². The zero-order valence-electron chi connectivity index (χ0n) is 11.6. The average Bonchev–Trinajstić information content (AvgIpc) is 3.11. The highest BCUT2D eigenvalue weighted by Crippen LogP contribution is 2.32. The van der Waals surface area contributed by atoms with Crippen LogP contribution in [0.4, 0.5) is 0 Å². The molecule has 0 bridgehead atoms. The molecule has 4 aromatic rings. The molecule has 0 saturated heterocycles. The van der Waals surface area contributed by atoms with E-state index >= 15 is 0 Å². The largest absolute Gasteiger partial charge is 0.338 e. The first-order valence-corrected chi connectivity index (χ1v) is 6.88. The second-order valence-corrected chi connectivity index (χ2v) is 5.04. The van der Waals surface area contributed by atoms with Gasteiger partial charge in [-0.15, -0.1) is 0 Å². The summed E-state index contributed by atoms with van der Waals surface area (Å²) < 4.78 is 0. The van der Waals surface area contributed by atoms with Crippen LogP contribution in [-0.2, 0) is 0 Å². The van der Waals surface area contributed by atoms with Gasteiger partial charge in [0, 0.05) is 11.3 Å². The molecule has 0 aliphatic rings. The number of aromatic amines is 2. The molecular formula is C17H14N4. The molecular weight excluding hydrogens is 260 g/mol. The Morgan fingerprint density at radius 1 is 0.905 bits per heavy atom. The molecule has 0 fully saturated rings. The quantitative estimate of drug-likeness (QED) is 0.582. The van der Waals surface area contributed by atoms with Crippen molar-refractivity contribution in [3.05, 3.63) is 60.3 Å². The number of benzene rings is 2. The van der Waals surface area contributed by atoms with Gasteiger partial charge in [-0.3, -0.25) is 5.10 Å². The molecule has 0 atom stereocenters. The molecule has 0 spiro atoms. The van der Waals surface area contributed by atoms with E-state index in [2.05, 4.69) is 32.3 Å². The van der Waals surface area contributed by atoms with Crippen LogP contribution in [0.1, 0.15) is 5.69 Å². The molecule has 0 unspecified atom stereocenters. The van der Waals surface area contributed by atoms with Gasteiger partial charge in [0.2, 0.25) is 0 Å². The lowest BCUT2D eigenvalue weighted by molar-refractivity contribution is 1.05. The molecule has 4 heteroatoms. The van der Waals surface area contributed by atoms with Crippen molar-refractivity contribution >= 4 is 11.0 Å². The monoisotopic (exact) mass is 274 g/mol. The van der Waals surface area contributed by atoms with Crippen LogP contribution in [0.15, 0.2) is 54.6 Å². The van der Waals surface area contributed by atoms with Gasteiger partial charge in [0.25, 0.3) is 0 Å². The molecule has 2 aromatic heterocycles. The zero-order valence-corrected chi connectivity index (χ0v) is 11.6. The number of nitrogens with zero attached hydrogens (tertiary/aromatic N) is 2. The van der Waals surface area contributed by atoms with E-state index in [1.807, 2.05) is 49.4 Å². The van der Waals surface area contributed by atoms with Crippen LogP contribution >= 0.6 is 0 Å². The van der Waals surface area contributed by atoms with Crippen molar-refractivity contribution in [1.82, 2.24) is 20.2 Å². The van der Waals surface area contributed by atoms with E-state index in [9.17, 15) is 0 Å². The summed E-state index contributed by atoms with van der Waals surface area (Å²) in [6.45, 7) is 2.02. The number of rotatable bonds is 2. The summed E-state index contributed by atoms with van der Waals surface area (Å²) in [5, 5.41) is 7.52. The van der Waals surface area contributed by atoms with Crippen molar-refractivity contribution in [2.45, 2.75) is 6.92 Å². The smallest absolute Gasteiger partial charge is 0.142 e. The summed E-state index contributed by atoms with van der Waals surface area (Å²) in [6.07, 6.45) is 0. The molecule has 21 heavy (non-hydrogen) atoms. The standard InChI is InChI=1S/C17H14N4/c1-11-15(16(21-20-11)12-7-3-2-4-8-12)17-18-13-9-5-6-10-14(13)19-17/h2-10H,1H3,(H,18,19)(H,20,21). The van der Waals surface area contributed by atoms with E-state index in [1.54, 1.807) is 0 Å². The molecule has 0 amide bonds. The molecule has 0 aliphatic carbocycles. The Bertz CT molecular complexity index is 870. The van der Waals surface area contributed by atoms with Gasteiger partial charge >= 0.3 is 0 Å². The minimum Gasteiger partial charge on any atom is -0.338 e. The second-order valence-electron chi connectivity index (χ2n) is 5.04. The number of fused-ring (bicyclic) bond motifs is 1. The van der Waals surface area contributed by atoms with Crippen molar-refractivity contribution in [1.29, 1.82) is 0 Å². The molecule has 2 aromatic carbocycles. The van der Waals surface area contributed by atoms with Crippen molar-refractivity contribution in [2.75, 3.05) is 0 Å². The first kappa shape index (κ1) is 11.9. The van der Waals surface area contributed by atoms with E-state index in [1.165, 1.54) is 0 Å². The van der Waals surface area contributed by atoms with Gasteiger partial charge in [-0.1, -0.05) is 42.5 Å². The lowest BCUT2D eigenvalue weighted by atomic mass is 10.1. The van der Waals surface area contributed by atoms with Crippen LogP contribution in [0.25, 0.3) is 33.7 Å². The van der Waals surface area contributed by atoms with Gasteiger partial charge in [-0.25, -0.2) is 4.98 Å². The fourth-order valence-electron chi connectivity index (χ4n) is 2.60. The van der Waals surface area contributed by atoms with Crippen LogP contribution in [-0.4, -0.2) is 20.2 Å². The Labute approximate surface area is 121 Å². The van der Waals surface area contributed by atoms with Gasteiger partial charge in [0.1, 0.15) is 11.5 Å². The first-order valence-electron chi connectivity index (χ1n) is 6.88. The van der Waals surface area contributed by atoms with Gasteiger partial charge in [0.05, 0.1) is 16.6 Å². The Morgan fingerprint density at radius 3 is 2.48 bits per heavy atom. The van der Waals surface area contributed by atoms with Gasteiger partial charge in [-0.2, -0.15) is 5.10 Å². The minimum absolute atomic E-state index is 0.848. The minimum atomic E-state index is 0.848. The predicted octanol–water partition coefficient (Wildman–Crippen LogP) is 3.93. The van der Waals surface area contributed by atoms with Crippen molar-refractivity contribution in [2.24, 2.45) is 0 Å². The summed E-state index contributed by atoms with van der Waals surface area (Å²) in [5.41, 5.74) is 6.04. The van der Waals surface area contributed by atoms with E-state index in [-0.39, 0.29) is 0 Å². The number of hydrogen-bond acceptors (Lipinski definition) is 2. The average molecular weight is 274 g/mol. The Morgan fingerprint density at radius 2 is 1.67 bits per heavy atom. The van der Waals surface area contributed by atoms with E-state index in [0.29, 0.717) is 0 Å². The summed E-state index contributed by atoms with van der Waals surface area (Å²) in [6, 6.07) is 18.2. The molecule has 4 rings (SSSR count). The number of nitrogens with one attached hydrogen (secondary N) is 2. The van der Waals surface area contributed by atoms with Crippen LogP contribution in [0.5, 0.6) is 0 Å². The lowest BCUT2D eigenvalue weighted by Gasteiger charge is -2.00. The van der Waals surface area contributed by atoms with Gasteiger partial charge < -0.3 is 4.98 Å². The first-order chi connectivity index (χ1) is 10.3. The van der Waals surface area contributed by atoms with E-state index in [0.717, 1.165) is 39.4 Å². The maximum absolute atomic E-state index is 4.69. The fraction of sp³-hybridized carbons (Fsp3) is 0.0588. The predicted molar refractivity (Wildman–Crippen MR) is 83.8 cm³/mol. The van der Waals surface area contributed by atoms with E-state index in [4.69, 9.17) is 0 Å². The maximum Gasteiger partial charge on any atom is 0.142 e. The number of aromatic nitrogens is 4. The molecule has 102 valence electrons. The van der Waals surface area contributed by atoms with Crippen molar-refractivity contribution in [3.8, 4) is 22.6 Å². The summed E-state index contributed by atoms with van der Waals surface area (Å²) >= 11 is 0. The van der Waals surface area contributed by atoms with E-state index < -0.39 is 0 Å².